The molecule has 0 N–H and O–H groups in total. The van der Waals surface area contributed by atoms with Crippen LogP contribution in [0.1, 0.15) is 39.1 Å². The average Bonchev–Trinajstić information content (AvgIpc) is 3.13. The van der Waals surface area contributed by atoms with Crippen LogP contribution in [0.5, 0.6) is 5.88 Å². The Kier molecular flexibility index (Phi) is 3.52. The lowest BCUT2D eigenvalue weighted by Crippen LogP contribution is -2.48. The molecule has 7 heteroatoms. The van der Waals surface area contributed by atoms with Crippen LogP contribution in [0.3, 0.4) is 0 Å². The predicted octanol–water partition coefficient (Wildman–Crippen LogP) is 1.73. The number of methoxy groups -OCH3 is 1. The van der Waals surface area contributed by atoms with Crippen LogP contribution in [0.25, 0.3) is 0 Å². The van der Waals surface area contributed by atoms with Gasteiger partial charge in [-0.3, -0.25) is 9.48 Å². The van der Waals surface area contributed by atoms with E-state index >= 15 is 0 Å². The van der Waals surface area contributed by atoms with Crippen LogP contribution in [-0.4, -0.2) is 46.8 Å². The predicted molar refractivity (Wildman–Crippen MR) is 88.4 cm³/mol. The Morgan fingerprint density at radius 3 is 2.96 bits per heavy atom. The van der Waals surface area contributed by atoms with Crippen LogP contribution >= 0.6 is 0 Å². The van der Waals surface area contributed by atoms with Crippen LogP contribution in [0.2, 0.25) is 0 Å². The van der Waals surface area contributed by atoms with Gasteiger partial charge in [0.2, 0.25) is 5.88 Å². The number of carbonyl (C=O) groups excluding carboxylic acids is 2. The highest BCUT2D eigenvalue weighted by Crippen LogP contribution is 2.43. The molecule has 4 rings (SSSR count). The molecule has 0 radical (unpaired) electrons. The maximum Gasteiger partial charge on any atom is 0.339 e. The summed E-state index contributed by atoms with van der Waals surface area (Å²) >= 11 is 0. The van der Waals surface area contributed by atoms with Gasteiger partial charge in [-0.15, -0.1) is 5.10 Å². The van der Waals surface area contributed by atoms with Crippen molar-refractivity contribution in [3.05, 3.63) is 47.2 Å². The van der Waals surface area contributed by atoms with Gasteiger partial charge in [0.25, 0.3) is 5.91 Å². The number of hydrogen-bond donors (Lipinski definition) is 0. The first-order valence-electron chi connectivity index (χ1n) is 8.24. The zero-order chi connectivity index (χ0) is 17.6. The molecule has 1 aromatic carbocycles. The molecule has 1 atom stereocenters. The van der Waals surface area contributed by atoms with Gasteiger partial charge in [-0.1, -0.05) is 18.2 Å². The third kappa shape index (κ3) is 2.38. The lowest BCUT2D eigenvalue weighted by molar-refractivity contribution is -0.0442. The van der Waals surface area contributed by atoms with Gasteiger partial charge < -0.3 is 14.4 Å². The number of likely N-dealkylation sites (tertiary alicyclic amines) is 1. The van der Waals surface area contributed by atoms with Crippen molar-refractivity contribution in [3.63, 3.8) is 0 Å². The average molecular weight is 341 g/mol. The molecule has 3 heterocycles. The summed E-state index contributed by atoms with van der Waals surface area (Å²) in [5.74, 6) is -0.177. The summed E-state index contributed by atoms with van der Waals surface area (Å²) in [6.07, 6.45) is 3.12. The fraction of sp³-hybridized carbons (Fsp3) is 0.389. The molecule has 2 aliphatic heterocycles. The monoisotopic (exact) mass is 341 g/mol. The lowest BCUT2D eigenvalue weighted by Gasteiger charge is -2.39. The normalized spacial score (nSPS) is 22.0. The van der Waals surface area contributed by atoms with Crippen molar-refractivity contribution in [2.24, 2.45) is 7.05 Å². The minimum absolute atomic E-state index is 0.163. The molecular formula is C18H19N3O4. The zero-order valence-electron chi connectivity index (χ0n) is 14.2. The van der Waals surface area contributed by atoms with E-state index in [1.54, 1.807) is 28.9 Å². The van der Waals surface area contributed by atoms with Gasteiger partial charge in [-0.2, -0.15) is 0 Å². The molecule has 0 saturated carbocycles. The van der Waals surface area contributed by atoms with E-state index in [2.05, 4.69) is 5.10 Å². The highest BCUT2D eigenvalue weighted by atomic mass is 16.6. The number of ether oxygens (including phenoxy) is 2. The summed E-state index contributed by atoms with van der Waals surface area (Å²) in [6, 6.07) is 7.41. The highest BCUT2D eigenvalue weighted by Gasteiger charge is 2.49. The van der Waals surface area contributed by atoms with E-state index in [0.717, 1.165) is 12.0 Å². The topological polar surface area (TPSA) is 73.7 Å². The maximum absolute atomic E-state index is 13.0. The first-order valence-corrected chi connectivity index (χ1v) is 8.24. The smallest absolute Gasteiger partial charge is 0.339 e. The van der Waals surface area contributed by atoms with E-state index in [-0.39, 0.29) is 11.9 Å². The molecule has 2 aliphatic rings. The van der Waals surface area contributed by atoms with Crippen molar-refractivity contribution in [1.29, 1.82) is 0 Å². The molecule has 7 nitrogen and oxygen atoms in total. The number of carbonyl (C=O) groups is 2. The molecular weight excluding hydrogens is 322 g/mol. The molecule has 1 spiro atoms. The molecule has 1 saturated heterocycles. The third-order valence-corrected chi connectivity index (χ3v) is 4.89. The molecule has 0 aliphatic carbocycles. The number of piperidine rings is 1. The molecule has 130 valence electrons. The number of fused-ring (bicyclic) bond motifs is 2. The first kappa shape index (κ1) is 15.7. The van der Waals surface area contributed by atoms with Gasteiger partial charge in [-0.25, -0.2) is 4.79 Å². The second kappa shape index (κ2) is 5.61. The summed E-state index contributed by atoms with van der Waals surface area (Å²) in [6.45, 7) is 0.949. The van der Waals surface area contributed by atoms with Crippen LogP contribution in [0, 0.1) is 0 Å². The first-order chi connectivity index (χ1) is 12.0. The molecule has 25 heavy (non-hydrogen) atoms. The van der Waals surface area contributed by atoms with Crippen LogP contribution in [-0.2, 0) is 17.4 Å². The van der Waals surface area contributed by atoms with Gasteiger partial charge in [0.05, 0.1) is 19.2 Å². The molecule has 1 amide bonds. The van der Waals surface area contributed by atoms with Crippen molar-refractivity contribution in [2.45, 2.75) is 18.4 Å². The Morgan fingerprint density at radius 2 is 2.16 bits per heavy atom. The summed E-state index contributed by atoms with van der Waals surface area (Å²) < 4.78 is 12.5. The highest BCUT2D eigenvalue weighted by molar-refractivity contribution is 5.97. The second-order valence-electron chi connectivity index (χ2n) is 6.49. The lowest BCUT2D eigenvalue weighted by atomic mass is 9.85. The Bertz CT molecular complexity index is 860. The number of aromatic nitrogens is 2. The number of hydrogen-bond acceptors (Lipinski definition) is 5. The van der Waals surface area contributed by atoms with E-state index in [4.69, 9.17) is 9.47 Å². The van der Waals surface area contributed by atoms with Crippen LogP contribution in [0.15, 0.2) is 30.5 Å². The Labute approximate surface area is 145 Å². The minimum atomic E-state index is -0.753. The van der Waals surface area contributed by atoms with E-state index in [1.165, 1.54) is 7.11 Å². The number of rotatable bonds is 2. The van der Waals surface area contributed by atoms with Crippen molar-refractivity contribution < 1.29 is 19.1 Å². The fourth-order valence-electron chi connectivity index (χ4n) is 3.78. The summed E-state index contributed by atoms with van der Waals surface area (Å²) in [5, 5.41) is 4.14. The number of esters is 1. The largest absolute Gasteiger partial charge is 0.479 e. The van der Waals surface area contributed by atoms with Crippen molar-refractivity contribution in [3.8, 4) is 5.88 Å². The van der Waals surface area contributed by atoms with E-state index in [0.29, 0.717) is 36.5 Å². The van der Waals surface area contributed by atoms with Gasteiger partial charge in [-0.05, 0) is 18.9 Å². The molecule has 0 bridgehead atoms. The Balaban J connectivity index is 1.66. The zero-order valence-corrected chi connectivity index (χ0v) is 14.2. The Hall–Kier alpha value is -2.83. The summed E-state index contributed by atoms with van der Waals surface area (Å²) in [4.78, 5) is 26.9. The van der Waals surface area contributed by atoms with Crippen LogP contribution in [0.4, 0.5) is 0 Å². The van der Waals surface area contributed by atoms with E-state index < -0.39 is 5.60 Å². The number of nitrogens with zero attached hydrogens (tertiary/aromatic N) is 3. The standard InChI is InChI=1S/C18H19N3O4/c1-20-10-13(15(19-20)24-2)16(22)21-9-5-8-18(11-21)14-7-4-3-6-12(14)17(23)25-18/h3-4,6-7,10H,5,8-9,11H2,1-2H3. The summed E-state index contributed by atoms with van der Waals surface area (Å²) in [5.41, 5.74) is 1.13. The second-order valence-corrected chi connectivity index (χ2v) is 6.49. The quantitative estimate of drug-likeness (QED) is 0.778. The molecule has 2 aromatic rings. The van der Waals surface area contributed by atoms with Gasteiger partial charge in [0, 0.05) is 25.4 Å². The maximum atomic E-state index is 13.0. The fourth-order valence-corrected chi connectivity index (χ4v) is 3.78. The summed E-state index contributed by atoms with van der Waals surface area (Å²) in [7, 11) is 3.23. The molecule has 1 unspecified atom stereocenters. The Morgan fingerprint density at radius 1 is 1.36 bits per heavy atom. The molecule has 1 fully saturated rings. The number of benzene rings is 1. The molecule has 1 aromatic heterocycles. The number of aryl methyl sites for hydroxylation is 1. The van der Waals surface area contributed by atoms with Gasteiger partial charge >= 0.3 is 5.97 Å². The van der Waals surface area contributed by atoms with E-state index in [1.807, 2.05) is 18.2 Å². The van der Waals surface area contributed by atoms with Crippen molar-refractivity contribution in [1.82, 2.24) is 14.7 Å². The number of amides is 1. The van der Waals surface area contributed by atoms with E-state index in [9.17, 15) is 9.59 Å². The van der Waals surface area contributed by atoms with Crippen molar-refractivity contribution in [2.75, 3.05) is 20.2 Å². The van der Waals surface area contributed by atoms with Crippen molar-refractivity contribution >= 4 is 11.9 Å². The minimum Gasteiger partial charge on any atom is -0.479 e. The van der Waals surface area contributed by atoms with Crippen LogP contribution < -0.4 is 4.74 Å². The van der Waals surface area contributed by atoms with Gasteiger partial charge in [0.1, 0.15) is 5.56 Å². The SMILES string of the molecule is COc1nn(C)cc1C(=O)N1CCCC2(C1)OC(=O)c1ccccc12. The van der Waals surface area contributed by atoms with Gasteiger partial charge in [0.15, 0.2) is 5.60 Å². The third-order valence-electron chi connectivity index (χ3n) is 4.89.